The van der Waals surface area contributed by atoms with Gasteiger partial charge in [-0.05, 0) is 56.9 Å². The summed E-state index contributed by atoms with van der Waals surface area (Å²) in [6.45, 7) is 3.83. The maximum atomic E-state index is 12.2. The lowest BCUT2D eigenvalue weighted by Gasteiger charge is -2.12. The van der Waals surface area contributed by atoms with Crippen molar-refractivity contribution < 1.29 is 62.7 Å². The second-order valence-corrected chi connectivity index (χ2v) is 12.2. The van der Waals surface area contributed by atoms with Gasteiger partial charge in [0.2, 0.25) is 5.91 Å². The van der Waals surface area contributed by atoms with Crippen LogP contribution < -0.4 is 10.1 Å². The first-order valence-electron chi connectivity index (χ1n) is 17.9. The van der Waals surface area contributed by atoms with Gasteiger partial charge in [-0.3, -0.25) is 24.0 Å². The van der Waals surface area contributed by atoms with Crippen molar-refractivity contribution >= 4 is 35.2 Å². The smallest absolute Gasteiger partial charge is 0.335 e. The molecule has 14 nitrogen and oxygen atoms in total. The number of ether oxygens (including phenoxy) is 5. The number of carbonyl (C=O) groups is 6. The van der Waals surface area contributed by atoms with Gasteiger partial charge in [-0.15, -0.1) is 0 Å². The molecule has 1 aromatic carbocycles. The number of Topliss-reactive ketones (excluding diaryl/α,β-unsaturated/α-hetero) is 3. The van der Waals surface area contributed by atoms with Gasteiger partial charge in [0.25, 0.3) is 0 Å². The first-order valence-corrected chi connectivity index (χ1v) is 17.9. The second-order valence-electron chi connectivity index (χ2n) is 12.2. The number of hydrogen-bond acceptors (Lipinski definition) is 11. The van der Waals surface area contributed by atoms with Crippen molar-refractivity contribution in [2.24, 2.45) is 5.92 Å². The van der Waals surface area contributed by atoms with E-state index in [1.165, 1.54) is 19.1 Å². The molecular weight excluding hydrogens is 666 g/mol. The average Bonchev–Trinajstić information content (AvgIpc) is 3.09. The van der Waals surface area contributed by atoms with Crippen LogP contribution in [0.4, 0.5) is 0 Å². The molecule has 288 valence electrons. The zero-order valence-corrected chi connectivity index (χ0v) is 30.0. The molecule has 0 heterocycles. The Bertz CT molecular complexity index is 1160. The third-order valence-corrected chi connectivity index (χ3v) is 7.64. The van der Waals surface area contributed by atoms with Crippen LogP contribution in [0.25, 0.3) is 0 Å². The fourth-order valence-electron chi connectivity index (χ4n) is 4.83. The lowest BCUT2D eigenvalue weighted by Crippen LogP contribution is -2.27. The maximum absolute atomic E-state index is 12.2. The highest BCUT2D eigenvalue weighted by atomic mass is 16.5. The molecule has 0 aromatic heterocycles. The Labute approximate surface area is 300 Å². The molecule has 0 unspecified atom stereocenters. The number of nitrogens with one attached hydrogen (secondary N) is 1. The van der Waals surface area contributed by atoms with E-state index in [0.717, 1.165) is 44.9 Å². The summed E-state index contributed by atoms with van der Waals surface area (Å²) < 4.78 is 26.8. The fourth-order valence-corrected chi connectivity index (χ4v) is 4.83. The maximum Gasteiger partial charge on any atom is 0.335 e. The van der Waals surface area contributed by atoms with E-state index in [0.29, 0.717) is 58.2 Å². The summed E-state index contributed by atoms with van der Waals surface area (Å²) in [7, 11) is 0. The Morgan fingerprint density at radius 2 is 1.24 bits per heavy atom. The summed E-state index contributed by atoms with van der Waals surface area (Å²) >= 11 is 0. The van der Waals surface area contributed by atoms with Gasteiger partial charge in [0.05, 0.1) is 51.1 Å². The number of carboxylic acids is 2. The third-order valence-electron chi connectivity index (χ3n) is 7.64. The van der Waals surface area contributed by atoms with Gasteiger partial charge in [-0.25, -0.2) is 4.79 Å². The van der Waals surface area contributed by atoms with Crippen LogP contribution in [0.5, 0.6) is 5.75 Å². The zero-order chi connectivity index (χ0) is 37.5. The minimum Gasteiger partial charge on any atom is -0.494 e. The molecular formula is C37H57NO13. The highest BCUT2D eigenvalue weighted by Gasteiger charge is 2.22. The van der Waals surface area contributed by atoms with Crippen LogP contribution in [0.2, 0.25) is 0 Å². The van der Waals surface area contributed by atoms with E-state index >= 15 is 0 Å². The number of aliphatic carboxylic acids is 1. The molecule has 0 aliphatic carbocycles. The van der Waals surface area contributed by atoms with Gasteiger partial charge in [0.15, 0.2) is 11.6 Å². The standard InChI is InChI=1S/C37H57NO13/c1-29(39)27-49-24-22-47-19-9-10-32(40)15-12-31(37(45)46)26-33(41)28-50-25-23-48-21-18-38-35(42)11-7-5-3-2-4-6-8-20-51-34-16-13-30(14-17-34)36(43)44/h13-14,16-17,31H,2-12,15,18-28H2,1H3,(H,38,42)(H,43,44)(H,45,46)/t31-/m1/s1. The van der Waals surface area contributed by atoms with Gasteiger partial charge in [-0.1, -0.05) is 32.1 Å². The number of rotatable bonds is 35. The summed E-state index contributed by atoms with van der Waals surface area (Å²) in [6, 6.07) is 6.38. The second kappa shape index (κ2) is 30.0. The number of hydrogen-bond donors (Lipinski definition) is 3. The molecule has 0 fully saturated rings. The van der Waals surface area contributed by atoms with Crippen molar-refractivity contribution in [3.63, 3.8) is 0 Å². The molecule has 1 rings (SSSR count). The van der Waals surface area contributed by atoms with E-state index in [1.807, 2.05) is 0 Å². The highest BCUT2D eigenvalue weighted by molar-refractivity contribution is 5.87. The molecule has 0 saturated carbocycles. The summed E-state index contributed by atoms with van der Waals surface area (Å²) in [4.78, 5) is 69.6. The summed E-state index contributed by atoms with van der Waals surface area (Å²) in [5.74, 6) is -2.94. The first-order chi connectivity index (χ1) is 24.6. The Balaban J connectivity index is 1.93. The van der Waals surface area contributed by atoms with E-state index < -0.39 is 17.9 Å². The molecule has 0 aliphatic heterocycles. The minimum absolute atomic E-state index is 0.0261. The number of carboxylic acid groups (broad SMARTS) is 2. The average molecular weight is 724 g/mol. The lowest BCUT2D eigenvalue weighted by molar-refractivity contribution is -0.144. The molecule has 0 aliphatic rings. The molecule has 1 aromatic rings. The zero-order valence-electron chi connectivity index (χ0n) is 30.0. The van der Waals surface area contributed by atoms with Gasteiger partial charge in [0.1, 0.15) is 24.7 Å². The Kier molecular flexibility index (Phi) is 26.6. The van der Waals surface area contributed by atoms with Crippen molar-refractivity contribution in [1.29, 1.82) is 0 Å². The predicted octanol–water partition coefficient (Wildman–Crippen LogP) is 4.45. The van der Waals surface area contributed by atoms with Crippen LogP contribution in [0.1, 0.15) is 101 Å². The van der Waals surface area contributed by atoms with Crippen molar-refractivity contribution in [2.75, 3.05) is 66.0 Å². The van der Waals surface area contributed by atoms with Gasteiger partial charge in [-0.2, -0.15) is 0 Å². The number of carbonyl (C=O) groups excluding carboxylic acids is 4. The van der Waals surface area contributed by atoms with Crippen LogP contribution in [0, 0.1) is 5.92 Å². The number of aromatic carboxylic acids is 1. The Morgan fingerprint density at radius 1 is 0.627 bits per heavy atom. The van der Waals surface area contributed by atoms with E-state index in [9.17, 15) is 33.9 Å². The van der Waals surface area contributed by atoms with Gasteiger partial charge in [0, 0.05) is 38.8 Å². The molecule has 1 atom stereocenters. The molecule has 3 N–H and O–H groups in total. The number of unbranched alkanes of at least 4 members (excludes halogenated alkanes) is 6. The van der Waals surface area contributed by atoms with E-state index in [4.69, 9.17) is 28.8 Å². The number of amides is 1. The molecule has 0 bridgehead atoms. The lowest BCUT2D eigenvalue weighted by atomic mass is 9.95. The minimum atomic E-state index is -1.13. The molecule has 0 saturated heterocycles. The van der Waals surface area contributed by atoms with E-state index in [1.54, 1.807) is 12.1 Å². The topological polar surface area (TPSA) is 201 Å². The van der Waals surface area contributed by atoms with Crippen LogP contribution in [-0.2, 0) is 42.9 Å². The van der Waals surface area contributed by atoms with E-state index in [-0.39, 0.29) is 80.9 Å². The van der Waals surface area contributed by atoms with Crippen molar-refractivity contribution in [3.05, 3.63) is 29.8 Å². The highest BCUT2D eigenvalue weighted by Crippen LogP contribution is 2.15. The Hall–Kier alpha value is -3.72. The van der Waals surface area contributed by atoms with E-state index in [2.05, 4.69) is 5.32 Å². The molecule has 1 amide bonds. The van der Waals surface area contributed by atoms with Crippen LogP contribution >= 0.6 is 0 Å². The SMILES string of the molecule is CC(=O)COCCOCCCC(=O)CC[C@H](CC(=O)COCCOCCNC(=O)CCCCCCCCCOc1ccc(C(=O)O)cc1)C(=O)O. The molecule has 0 radical (unpaired) electrons. The quantitative estimate of drug-likeness (QED) is 0.0831. The van der Waals surface area contributed by atoms with Crippen molar-refractivity contribution in [2.45, 2.75) is 90.4 Å². The summed E-state index contributed by atoms with van der Waals surface area (Å²) in [5.41, 5.74) is 0.235. The van der Waals surface area contributed by atoms with Crippen molar-refractivity contribution in [1.82, 2.24) is 5.32 Å². The van der Waals surface area contributed by atoms with Crippen LogP contribution in [0.15, 0.2) is 24.3 Å². The summed E-state index contributed by atoms with van der Waals surface area (Å²) in [5, 5.41) is 21.2. The molecule has 51 heavy (non-hydrogen) atoms. The molecule has 0 spiro atoms. The Morgan fingerprint density at radius 3 is 1.88 bits per heavy atom. The first kappa shape index (κ1) is 45.3. The van der Waals surface area contributed by atoms with Crippen molar-refractivity contribution in [3.8, 4) is 5.75 Å². The van der Waals surface area contributed by atoms with Gasteiger partial charge < -0.3 is 39.2 Å². The van der Waals surface area contributed by atoms with Gasteiger partial charge >= 0.3 is 11.9 Å². The largest absolute Gasteiger partial charge is 0.494 e. The predicted molar refractivity (Wildman–Crippen MR) is 187 cm³/mol. The monoisotopic (exact) mass is 723 g/mol. The number of benzene rings is 1. The van der Waals surface area contributed by atoms with Crippen LogP contribution in [-0.4, -0.2) is 111 Å². The van der Waals surface area contributed by atoms with Crippen LogP contribution in [0.3, 0.4) is 0 Å². The summed E-state index contributed by atoms with van der Waals surface area (Å²) in [6.07, 6.45) is 8.14. The number of ketones is 3. The third kappa shape index (κ3) is 26.7. The normalized spacial score (nSPS) is 11.5. The molecule has 14 heteroatoms. The fraction of sp³-hybridized carbons (Fsp3) is 0.676.